The first kappa shape index (κ1) is 15.2. The van der Waals surface area contributed by atoms with Gasteiger partial charge in [0.1, 0.15) is 5.82 Å². The van der Waals surface area contributed by atoms with Gasteiger partial charge < -0.3 is 15.1 Å². The Hall–Kier alpha value is -1.17. The van der Waals surface area contributed by atoms with Crippen LogP contribution in [0.5, 0.6) is 0 Å². The minimum Gasteiger partial charge on any atom is -0.395 e. The molecule has 1 saturated heterocycles. The Bertz CT molecular complexity index is 440. The highest BCUT2D eigenvalue weighted by Gasteiger charge is 2.21. The van der Waals surface area contributed by atoms with Crippen molar-refractivity contribution in [3.63, 3.8) is 0 Å². The van der Waals surface area contributed by atoms with E-state index in [0.717, 1.165) is 26.1 Å². The van der Waals surface area contributed by atoms with Crippen molar-refractivity contribution in [3.8, 4) is 0 Å². The second-order valence-electron chi connectivity index (χ2n) is 5.26. The Kier molecular flexibility index (Phi) is 5.34. The third kappa shape index (κ3) is 3.48. The zero-order chi connectivity index (χ0) is 14.5. The number of rotatable bonds is 4. The highest BCUT2D eigenvalue weighted by atomic mass is 19.1. The van der Waals surface area contributed by atoms with E-state index in [9.17, 15) is 9.50 Å². The maximum absolute atomic E-state index is 14.2. The maximum atomic E-state index is 14.2. The zero-order valence-corrected chi connectivity index (χ0v) is 11.9. The van der Waals surface area contributed by atoms with E-state index in [2.05, 4.69) is 4.90 Å². The van der Waals surface area contributed by atoms with Crippen LogP contribution in [0.15, 0.2) is 18.2 Å². The van der Waals surface area contributed by atoms with E-state index < -0.39 is 6.10 Å². The van der Waals surface area contributed by atoms with Crippen molar-refractivity contribution in [2.24, 2.45) is 0 Å². The van der Waals surface area contributed by atoms with Crippen LogP contribution in [0.2, 0.25) is 0 Å². The first-order chi connectivity index (χ1) is 9.63. The van der Waals surface area contributed by atoms with Gasteiger partial charge in [-0.2, -0.15) is 0 Å². The van der Waals surface area contributed by atoms with Gasteiger partial charge in [-0.25, -0.2) is 4.39 Å². The summed E-state index contributed by atoms with van der Waals surface area (Å²) in [5, 5.41) is 18.8. The predicted molar refractivity (Wildman–Crippen MR) is 77.4 cm³/mol. The Morgan fingerprint density at radius 1 is 1.25 bits per heavy atom. The number of anilines is 1. The summed E-state index contributed by atoms with van der Waals surface area (Å²) in [4.78, 5) is 4.19. The molecular weight excluding hydrogens is 259 g/mol. The minimum absolute atomic E-state index is 0.151. The number of aliphatic hydroxyl groups is 2. The number of halogens is 1. The van der Waals surface area contributed by atoms with E-state index in [1.807, 2.05) is 4.90 Å². The summed E-state index contributed by atoms with van der Waals surface area (Å²) in [6.45, 7) is 5.66. The Morgan fingerprint density at radius 2 is 2.05 bits per heavy atom. The van der Waals surface area contributed by atoms with Crippen molar-refractivity contribution in [1.29, 1.82) is 0 Å². The molecule has 0 saturated carbocycles. The number of para-hydroxylation sites is 1. The number of nitrogens with zero attached hydrogens (tertiary/aromatic N) is 2. The molecule has 0 aliphatic carbocycles. The minimum atomic E-state index is -0.683. The molecule has 0 amide bonds. The fraction of sp³-hybridized carbons (Fsp3) is 0.600. The molecule has 0 radical (unpaired) electrons. The van der Waals surface area contributed by atoms with Crippen LogP contribution in [0.3, 0.4) is 0 Å². The van der Waals surface area contributed by atoms with E-state index in [4.69, 9.17) is 5.11 Å². The van der Waals surface area contributed by atoms with Gasteiger partial charge in [-0.1, -0.05) is 12.1 Å². The van der Waals surface area contributed by atoms with Crippen molar-refractivity contribution in [2.45, 2.75) is 19.4 Å². The number of hydrogen-bond donors (Lipinski definition) is 2. The molecule has 0 spiro atoms. The SMILES string of the molecule is C[C@@H](O)c1cccc(F)c1N1CCCN(CCO)CC1. The Balaban J connectivity index is 2.19. The third-order valence-electron chi connectivity index (χ3n) is 3.79. The number of β-amino-alcohol motifs (C(OH)–C–C–N with tert-alkyl or cyclic N) is 1. The molecule has 1 aliphatic heterocycles. The van der Waals surface area contributed by atoms with Crippen molar-refractivity contribution in [3.05, 3.63) is 29.6 Å². The number of hydrogen-bond acceptors (Lipinski definition) is 4. The molecule has 112 valence electrons. The van der Waals surface area contributed by atoms with Gasteiger partial charge in [-0.15, -0.1) is 0 Å². The molecule has 4 nitrogen and oxygen atoms in total. The maximum Gasteiger partial charge on any atom is 0.146 e. The first-order valence-electron chi connectivity index (χ1n) is 7.18. The smallest absolute Gasteiger partial charge is 0.146 e. The monoisotopic (exact) mass is 282 g/mol. The van der Waals surface area contributed by atoms with Crippen molar-refractivity contribution >= 4 is 5.69 Å². The molecule has 1 fully saturated rings. The predicted octanol–water partition coefficient (Wildman–Crippen LogP) is 1.38. The normalized spacial score (nSPS) is 18.9. The summed E-state index contributed by atoms with van der Waals surface area (Å²) in [5.74, 6) is -0.279. The quantitative estimate of drug-likeness (QED) is 0.876. The van der Waals surface area contributed by atoms with Gasteiger partial charge in [-0.05, 0) is 26.0 Å². The Morgan fingerprint density at radius 3 is 2.75 bits per heavy atom. The van der Waals surface area contributed by atoms with Crippen LogP contribution in [0.1, 0.15) is 25.0 Å². The lowest BCUT2D eigenvalue weighted by Crippen LogP contribution is -2.33. The summed E-state index contributed by atoms with van der Waals surface area (Å²) < 4.78 is 14.2. The largest absolute Gasteiger partial charge is 0.395 e. The van der Waals surface area contributed by atoms with Crippen LogP contribution in [0.4, 0.5) is 10.1 Å². The number of benzene rings is 1. The summed E-state index contributed by atoms with van der Waals surface area (Å²) in [5.41, 5.74) is 1.16. The first-order valence-corrected chi connectivity index (χ1v) is 7.18. The molecule has 5 heteroatoms. The zero-order valence-electron chi connectivity index (χ0n) is 11.9. The lowest BCUT2D eigenvalue weighted by Gasteiger charge is -2.27. The highest BCUT2D eigenvalue weighted by Crippen LogP contribution is 2.30. The summed E-state index contributed by atoms with van der Waals surface area (Å²) >= 11 is 0. The van der Waals surface area contributed by atoms with E-state index in [1.165, 1.54) is 6.07 Å². The van der Waals surface area contributed by atoms with Gasteiger partial charge in [0, 0.05) is 31.7 Å². The molecule has 2 N–H and O–H groups in total. The van der Waals surface area contributed by atoms with Gasteiger partial charge in [0.25, 0.3) is 0 Å². The molecule has 0 unspecified atom stereocenters. The molecule has 0 aromatic heterocycles. The molecule has 1 heterocycles. The van der Waals surface area contributed by atoms with Gasteiger partial charge >= 0.3 is 0 Å². The molecule has 1 aromatic carbocycles. The topological polar surface area (TPSA) is 46.9 Å². The van der Waals surface area contributed by atoms with Gasteiger partial charge in [-0.3, -0.25) is 4.90 Å². The highest BCUT2D eigenvalue weighted by molar-refractivity contribution is 5.56. The van der Waals surface area contributed by atoms with Crippen molar-refractivity contribution in [1.82, 2.24) is 4.90 Å². The molecule has 2 rings (SSSR count). The molecular formula is C15H23FN2O2. The lowest BCUT2D eigenvalue weighted by atomic mass is 10.1. The van der Waals surface area contributed by atoms with E-state index >= 15 is 0 Å². The van der Waals surface area contributed by atoms with Gasteiger partial charge in [0.15, 0.2) is 0 Å². The summed E-state index contributed by atoms with van der Waals surface area (Å²) in [7, 11) is 0. The van der Waals surface area contributed by atoms with E-state index in [0.29, 0.717) is 24.3 Å². The van der Waals surface area contributed by atoms with Crippen LogP contribution in [0, 0.1) is 5.82 Å². The van der Waals surface area contributed by atoms with E-state index in [1.54, 1.807) is 19.1 Å². The molecule has 1 aliphatic rings. The van der Waals surface area contributed by atoms with Crippen molar-refractivity contribution in [2.75, 3.05) is 44.2 Å². The average molecular weight is 282 g/mol. The summed E-state index contributed by atoms with van der Waals surface area (Å²) in [6, 6.07) is 4.85. The third-order valence-corrected chi connectivity index (χ3v) is 3.79. The lowest BCUT2D eigenvalue weighted by molar-refractivity contribution is 0.199. The molecule has 1 aromatic rings. The van der Waals surface area contributed by atoms with Gasteiger partial charge in [0.05, 0.1) is 18.4 Å². The van der Waals surface area contributed by atoms with Gasteiger partial charge in [0.2, 0.25) is 0 Å². The second kappa shape index (κ2) is 7.02. The van der Waals surface area contributed by atoms with Crippen LogP contribution >= 0.6 is 0 Å². The van der Waals surface area contributed by atoms with E-state index in [-0.39, 0.29) is 12.4 Å². The standard InChI is InChI=1S/C15H23FN2O2/c1-12(20)13-4-2-5-14(16)15(13)18-7-3-6-17(8-9-18)10-11-19/h2,4-5,12,19-20H,3,6-11H2,1H3/t12-/m1/s1. The fourth-order valence-electron chi connectivity index (χ4n) is 2.76. The number of aliphatic hydroxyl groups excluding tert-OH is 2. The fourth-order valence-corrected chi connectivity index (χ4v) is 2.76. The average Bonchev–Trinajstić information content (AvgIpc) is 2.64. The molecule has 0 bridgehead atoms. The van der Waals surface area contributed by atoms with Crippen LogP contribution < -0.4 is 4.90 Å². The Labute approximate surface area is 119 Å². The molecule has 1 atom stereocenters. The second-order valence-corrected chi connectivity index (χ2v) is 5.26. The van der Waals surface area contributed by atoms with Crippen LogP contribution in [-0.4, -0.2) is 54.4 Å². The summed E-state index contributed by atoms with van der Waals surface area (Å²) in [6.07, 6.45) is 0.241. The van der Waals surface area contributed by atoms with Crippen molar-refractivity contribution < 1.29 is 14.6 Å². The van der Waals surface area contributed by atoms with Crippen LogP contribution in [-0.2, 0) is 0 Å². The van der Waals surface area contributed by atoms with Crippen LogP contribution in [0.25, 0.3) is 0 Å². The molecule has 20 heavy (non-hydrogen) atoms.